The summed E-state index contributed by atoms with van der Waals surface area (Å²) in [6, 6.07) is 3.16. The highest BCUT2D eigenvalue weighted by atomic mass is 32.2. The van der Waals surface area contributed by atoms with E-state index in [1.807, 2.05) is 13.8 Å². The SMILES string of the molecule is Cc1ccc(S(=O)(=O)O)c(C)c1[C@@]1(C)COC2(CCCCC2)O1. The van der Waals surface area contributed by atoms with E-state index in [2.05, 4.69) is 0 Å². The number of rotatable bonds is 2. The Hall–Kier alpha value is -0.950. The molecule has 1 aliphatic heterocycles. The topological polar surface area (TPSA) is 72.8 Å². The molecule has 1 atom stereocenters. The first-order valence-electron chi connectivity index (χ1n) is 8.09. The molecule has 23 heavy (non-hydrogen) atoms. The van der Waals surface area contributed by atoms with Gasteiger partial charge in [-0.05, 0) is 56.4 Å². The summed E-state index contributed by atoms with van der Waals surface area (Å²) in [6.07, 6.45) is 5.11. The molecule has 0 aromatic heterocycles. The fraction of sp³-hybridized carbons (Fsp3) is 0.647. The molecule has 6 heteroatoms. The van der Waals surface area contributed by atoms with Crippen LogP contribution in [0, 0.1) is 13.8 Å². The molecule has 1 N–H and O–H groups in total. The highest BCUT2D eigenvalue weighted by Gasteiger charge is 2.50. The number of benzene rings is 1. The van der Waals surface area contributed by atoms with Crippen LogP contribution in [0.15, 0.2) is 17.0 Å². The molecule has 1 aliphatic carbocycles. The zero-order valence-corrected chi connectivity index (χ0v) is 14.7. The zero-order valence-electron chi connectivity index (χ0n) is 13.9. The van der Waals surface area contributed by atoms with Gasteiger partial charge in [-0.25, -0.2) is 0 Å². The van der Waals surface area contributed by atoms with Gasteiger partial charge in [-0.15, -0.1) is 0 Å². The normalized spacial score (nSPS) is 27.5. The molecule has 1 saturated carbocycles. The van der Waals surface area contributed by atoms with Crippen molar-refractivity contribution in [1.82, 2.24) is 0 Å². The van der Waals surface area contributed by atoms with Gasteiger partial charge in [0.05, 0.1) is 11.5 Å². The van der Waals surface area contributed by atoms with Crippen LogP contribution in [0.5, 0.6) is 0 Å². The standard InChI is InChI=1S/C17H24O5S/c1-12-7-8-14(23(18,19)20)13(2)15(12)16(3)11-21-17(22-16)9-5-4-6-10-17/h7-8H,4-6,9-11H2,1-3H3,(H,18,19,20)/t16-/m1/s1. The zero-order chi connectivity index (χ0) is 16.9. The lowest BCUT2D eigenvalue weighted by molar-refractivity contribution is -0.204. The van der Waals surface area contributed by atoms with E-state index >= 15 is 0 Å². The summed E-state index contributed by atoms with van der Waals surface area (Å²) in [6.45, 7) is 5.98. The Bertz CT molecular complexity index is 719. The van der Waals surface area contributed by atoms with Crippen molar-refractivity contribution in [2.75, 3.05) is 6.61 Å². The molecule has 1 saturated heterocycles. The van der Waals surface area contributed by atoms with Crippen LogP contribution in [0.3, 0.4) is 0 Å². The van der Waals surface area contributed by atoms with Crippen LogP contribution in [0.25, 0.3) is 0 Å². The van der Waals surface area contributed by atoms with Crippen LogP contribution in [0.4, 0.5) is 0 Å². The maximum absolute atomic E-state index is 11.6. The van der Waals surface area contributed by atoms with E-state index in [0.717, 1.165) is 36.8 Å². The number of aryl methyl sites for hydroxylation is 1. The maximum Gasteiger partial charge on any atom is 0.294 e. The van der Waals surface area contributed by atoms with Gasteiger partial charge in [0, 0.05) is 12.8 Å². The third kappa shape index (κ3) is 2.93. The molecule has 1 spiro atoms. The van der Waals surface area contributed by atoms with Crippen molar-refractivity contribution in [3.63, 3.8) is 0 Å². The largest absolute Gasteiger partial charge is 0.347 e. The summed E-state index contributed by atoms with van der Waals surface area (Å²) >= 11 is 0. The van der Waals surface area contributed by atoms with Crippen molar-refractivity contribution >= 4 is 10.1 Å². The van der Waals surface area contributed by atoms with Gasteiger partial charge < -0.3 is 9.47 Å². The van der Waals surface area contributed by atoms with E-state index in [0.29, 0.717) is 12.2 Å². The van der Waals surface area contributed by atoms with Crippen molar-refractivity contribution in [2.24, 2.45) is 0 Å². The van der Waals surface area contributed by atoms with Crippen molar-refractivity contribution < 1.29 is 22.4 Å². The number of hydrogen-bond donors (Lipinski definition) is 1. The molecule has 128 valence electrons. The minimum Gasteiger partial charge on any atom is -0.347 e. The van der Waals surface area contributed by atoms with Crippen molar-refractivity contribution in [1.29, 1.82) is 0 Å². The predicted octanol–water partition coefficient (Wildman–Crippen LogP) is 3.47. The second-order valence-corrected chi connectivity index (χ2v) is 8.34. The quantitative estimate of drug-likeness (QED) is 0.835. The molecule has 5 nitrogen and oxygen atoms in total. The maximum atomic E-state index is 11.6. The van der Waals surface area contributed by atoms with Gasteiger partial charge in [0.15, 0.2) is 5.79 Å². The Labute approximate surface area is 137 Å². The smallest absolute Gasteiger partial charge is 0.294 e. The Morgan fingerprint density at radius 3 is 2.39 bits per heavy atom. The molecule has 1 aromatic rings. The van der Waals surface area contributed by atoms with Gasteiger partial charge in [0.2, 0.25) is 0 Å². The van der Waals surface area contributed by atoms with Crippen molar-refractivity contribution in [2.45, 2.75) is 69.2 Å². The average molecular weight is 340 g/mol. The summed E-state index contributed by atoms with van der Waals surface area (Å²) in [5, 5.41) is 0. The monoisotopic (exact) mass is 340 g/mol. The van der Waals surface area contributed by atoms with E-state index in [4.69, 9.17) is 9.47 Å². The van der Waals surface area contributed by atoms with Gasteiger partial charge in [-0.2, -0.15) is 8.42 Å². The first-order valence-corrected chi connectivity index (χ1v) is 9.53. The molecule has 0 amide bonds. The fourth-order valence-corrected chi connectivity index (χ4v) is 4.85. The molecule has 0 unspecified atom stereocenters. The lowest BCUT2D eigenvalue weighted by atomic mass is 9.88. The Morgan fingerprint density at radius 2 is 1.78 bits per heavy atom. The minimum atomic E-state index is -4.26. The Morgan fingerprint density at radius 1 is 1.13 bits per heavy atom. The summed E-state index contributed by atoms with van der Waals surface area (Å²) in [5.41, 5.74) is 1.57. The Balaban J connectivity index is 2.05. The minimum absolute atomic E-state index is 0.0625. The second kappa shape index (κ2) is 5.55. The van der Waals surface area contributed by atoms with Gasteiger partial charge in [0.25, 0.3) is 10.1 Å². The third-order valence-electron chi connectivity index (χ3n) is 5.07. The van der Waals surface area contributed by atoms with Gasteiger partial charge in [0.1, 0.15) is 5.60 Å². The molecular weight excluding hydrogens is 316 g/mol. The van der Waals surface area contributed by atoms with Crippen LogP contribution < -0.4 is 0 Å². The summed E-state index contributed by atoms with van der Waals surface area (Å²) in [5.74, 6) is -0.542. The van der Waals surface area contributed by atoms with E-state index in [1.54, 1.807) is 13.0 Å². The predicted molar refractivity (Wildman–Crippen MR) is 85.9 cm³/mol. The lowest BCUT2D eigenvalue weighted by Crippen LogP contribution is -2.36. The van der Waals surface area contributed by atoms with E-state index in [-0.39, 0.29) is 4.90 Å². The fourth-order valence-electron chi connectivity index (χ4n) is 4.12. The molecule has 2 aliphatic rings. The van der Waals surface area contributed by atoms with Crippen LogP contribution in [-0.2, 0) is 25.2 Å². The molecule has 3 rings (SSSR count). The van der Waals surface area contributed by atoms with E-state index in [9.17, 15) is 13.0 Å². The van der Waals surface area contributed by atoms with Crippen LogP contribution in [0.1, 0.15) is 55.7 Å². The first kappa shape index (κ1) is 16.9. The molecule has 2 fully saturated rings. The van der Waals surface area contributed by atoms with Crippen LogP contribution in [0.2, 0.25) is 0 Å². The summed E-state index contributed by atoms with van der Waals surface area (Å²) in [7, 11) is -4.26. The molecule has 0 radical (unpaired) electrons. The second-order valence-electron chi connectivity index (χ2n) is 6.95. The Kier molecular flexibility index (Phi) is 4.08. The molecule has 1 heterocycles. The highest BCUT2D eigenvalue weighted by molar-refractivity contribution is 7.85. The lowest BCUT2D eigenvalue weighted by Gasteiger charge is -2.35. The summed E-state index contributed by atoms with van der Waals surface area (Å²) in [4.78, 5) is -0.0625. The van der Waals surface area contributed by atoms with E-state index in [1.165, 1.54) is 12.5 Å². The number of hydrogen-bond acceptors (Lipinski definition) is 4. The molecular formula is C17H24O5S. The average Bonchev–Trinajstić information content (AvgIpc) is 2.75. The van der Waals surface area contributed by atoms with Crippen LogP contribution in [-0.4, -0.2) is 25.4 Å². The number of ether oxygens (including phenoxy) is 2. The third-order valence-corrected chi connectivity index (χ3v) is 6.07. The van der Waals surface area contributed by atoms with E-state index < -0.39 is 21.5 Å². The highest BCUT2D eigenvalue weighted by Crippen LogP contribution is 2.47. The van der Waals surface area contributed by atoms with Crippen LogP contribution >= 0.6 is 0 Å². The first-order chi connectivity index (χ1) is 10.7. The molecule has 1 aromatic carbocycles. The summed E-state index contributed by atoms with van der Waals surface area (Å²) < 4.78 is 45.1. The van der Waals surface area contributed by atoms with Gasteiger partial charge in [-0.1, -0.05) is 12.5 Å². The van der Waals surface area contributed by atoms with Gasteiger partial charge in [-0.3, -0.25) is 4.55 Å². The van der Waals surface area contributed by atoms with Gasteiger partial charge >= 0.3 is 0 Å². The molecule has 0 bridgehead atoms. The van der Waals surface area contributed by atoms with Crippen molar-refractivity contribution in [3.05, 3.63) is 28.8 Å². The van der Waals surface area contributed by atoms with Crippen molar-refractivity contribution in [3.8, 4) is 0 Å².